The number of hydrazine groups is 1. The number of nitrogens with zero attached hydrogens (tertiary/aromatic N) is 2. The van der Waals surface area contributed by atoms with Crippen molar-refractivity contribution in [2.45, 2.75) is 109 Å². The Hall–Kier alpha value is -0.710. The number of hydrogen-bond acceptors (Lipinski definition) is 6. The molecular weight excluding hydrogens is 432 g/mol. The minimum absolute atomic E-state index is 0.180. The highest BCUT2D eigenvalue weighted by atomic mass is 15.6. The molecule has 5 aliphatic rings. The molecule has 6 heteroatoms. The fraction of sp³-hybridized carbons (Fsp3) is 0.966. The highest BCUT2D eigenvalue weighted by molar-refractivity contribution is 5.08. The molecule has 35 heavy (non-hydrogen) atoms. The zero-order valence-electron chi connectivity index (χ0n) is 23.0. The van der Waals surface area contributed by atoms with Crippen LogP contribution in [-0.2, 0) is 0 Å². The molecule has 198 valence electrons. The number of hydrogen-bond donors (Lipinski definition) is 4. The monoisotopic (exact) mass is 484 g/mol. The summed E-state index contributed by atoms with van der Waals surface area (Å²) in [5.74, 6) is 4.55. The van der Waals surface area contributed by atoms with E-state index in [0.717, 1.165) is 42.7 Å². The number of rotatable bonds is 5. The lowest BCUT2D eigenvalue weighted by atomic mass is 9.60. The summed E-state index contributed by atoms with van der Waals surface area (Å²) in [6, 6.07) is 5.73. The summed E-state index contributed by atoms with van der Waals surface area (Å²) in [5, 5.41) is 23.7. The normalized spacial score (nSPS) is 45.1. The molecule has 8 atom stereocenters. The quantitative estimate of drug-likeness (QED) is 0.479. The molecular formula is C29H52N6. The van der Waals surface area contributed by atoms with Crippen molar-refractivity contribution in [3.05, 3.63) is 0 Å². The first-order chi connectivity index (χ1) is 16.8. The van der Waals surface area contributed by atoms with E-state index in [1.807, 2.05) is 0 Å². The molecule has 6 nitrogen and oxygen atoms in total. The van der Waals surface area contributed by atoms with Gasteiger partial charge in [-0.1, -0.05) is 13.8 Å². The molecule has 0 amide bonds. The molecule has 0 aromatic heterocycles. The molecule has 2 aliphatic carbocycles. The standard InChI is InChI=1S/C29H52N6/c1-18(2)33-23-12-21(14-31-15-23)20-8-11-25-24(13-20)27-26(16-32-25)35(5)34-28(27)19-6-9-22(10-7-19)29(3,4)17-30/h18-28,31-34H,6-16H2,1-5H3. The number of fused-ring (bicyclic) bond motifs is 3. The highest BCUT2D eigenvalue weighted by Crippen LogP contribution is 2.49. The van der Waals surface area contributed by atoms with E-state index in [9.17, 15) is 5.26 Å². The molecule has 5 rings (SSSR count). The van der Waals surface area contributed by atoms with Crippen LogP contribution in [0.2, 0.25) is 0 Å². The molecule has 2 saturated carbocycles. The van der Waals surface area contributed by atoms with Crippen LogP contribution >= 0.6 is 0 Å². The zero-order chi connectivity index (χ0) is 24.7. The van der Waals surface area contributed by atoms with Gasteiger partial charge in [-0.15, -0.1) is 0 Å². The summed E-state index contributed by atoms with van der Waals surface area (Å²) in [6.07, 6.45) is 10.5. The summed E-state index contributed by atoms with van der Waals surface area (Å²) in [7, 11) is 2.29. The van der Waals surface area contributed by atoms with Gasteiger partial charge >= 0.3 is 0 Å². The van der Waals surface area contributed by atoms with Crippen molar-refractivity contribution in [3.63, 3.8) is 0 Å². The van der Waals surface area contributed by atoms with Crippen LogP contribution in [0.5, 0.6) is 0 Å². The van der Waals surface area contributed by atoms with Crippen LogP contribution in [0.1, 0.15) is 79.1 Å². The van der Waals surface area contributed by atoms with Gasteiger partial charge in [0, 0.05) is 50.3 Å². The van der Waals surface area contributed by atoms with Gasteiger partial charge in [0.1, 0.15) is 0 Å². The molecule has 0 aromatic carbocycles. The van der Waals surface area contributed by atoms with Gasteiger partial charge in [0.2, 0.25) is 0 Å². The topological polar surface area (TPSA) is 75.1 Å². The average Bonchev–Trinajstić information content (AvgIpc) is 3.20. The minimum atomic E-state index is -0.180. The smallest absolute Gasteiger partial charge is 0.0686 e. The number of piperidine rings is 2. The van der Waals surface area contributed by atoms with Crippen LogP contribution in [0.15, 0.2) is 0 Å². The average molecular weight is 485 g/mol. The lowest BCUT2D eigenvalue weighted by molar-refractivity contribution is 0.0365. The Bertz CT molecular complexity index is 753. The third kappa shape index (κ3) is 5.32. The van der Waals surface area contributed by atoms with Crippen LogP contribution in [0.25, 0.3) is 0 Å². The third-order valence-electron chi connectivity index (χ3n) is 10.9. The Balaban J connectivity index is 1.26. The van der Waals surface area contributed by atoms with E-state index in [-0.39, 0.29) is 5.41 Å². The molecule has 5 fully saturated rings. The van der Waals surface area contributed by atoms with Gasteiger partial charge in [-0.3, -0.25) is 5.43 Å². The maximum Gasteiger partial charge on any atom is 0.0686 e. The molecule has 3 heterocycles. The van der Waals surface area contributed by atoms with Crippen molar-refractivity contribution in [1.29, 1.82) is 5.26 Å². The first-order valence-corrected chi connectivity index (χ1v) is 14.9. The van der Waals surface area contributed by atoms with E-state index in [0.29, 0.717) is 36.1 Å². The second-order valence-electron chi connectivity index (χ2n) is 13.8. The molecule has 3 aliphatic heterocycles. The van der Waals surface area contributed by atoms with Crippen molar-refractivity contribution in [2.24, 2.45) is 40.9 Å². The Labute approximate surface area is 214 Å². The largest absolute Gasteiger partial charge is 0.315 e. The van der Waals surface area contributed by atoms with E-state index >= 15 is 0 Å². The molecule has 8 unspecified atom stereocenters. The summed E-state index contributed by atoms with van der Waals surface area (Å²) >= 11 is 0. The van der Waals surface area contributed by atoms with Crippen molar-refractivity contribution < 1.29 is 0 Å². The van der Waals surface area contributed by atoms with Crippen LogP contribution < -0.4 is 21.4 Å². The van der Waals surface area contributed by atoms with Gasteiger partial charge in [0.15, 0.2) is 0 Å². The summed E-state index contributed by atoms with van der Waals surface area (Å²) in [4.78, 5) is 0. The summed E-state index contributed by atoms with van der Waals surface area (Å²) < 4.78 is 0. The predicted octanol–water partition coefficient (Wildman–Crippen LogP) is 3.51. The molecule has 3 saturated heterocycles. The maximum absolute atomic E-state index is 9.65. The first kappa shape index (κ1) is 25.9. The van der Waals surface area contributed by atoms with Crippen molar-refractivity contribution in [1.82, 2.24) is 26.4 Å². The van der Waals surface area contributed by atoms with Gasteiger partial charge in [0.05, 0.1) is 11.5 Å². The fourth-order valence-electron chi connectivity index (χ4n) is 9.00. The summed E-state index contributed by atoms with van der Waals surface area (Å²) in [6.45, 7) is 12.3. The molecule has 0 radical (unpaired) electrons. The summed E-state index contributed by atoms with van der Waals surface area (Å²) in [5.41, 5.74) is 3.81. The lowest BCUT2D eigenvalue weighted by Gasteiger charge is -2.50. The van der Waals surface area contributed by atoms with E-state index in [4.69, 9.17) is 0 Å². The van der Waals surface area contributed by atoms with Gasteiger partial charge in [-0.2, -0.15) is 5.26 Å². The SMILES string of the molecule is CC(C)NC1CNCC(C2CCC3NCC4C(C3C2)C(C2CCC(C(C)(C)C#N)CC2)NN4C)C1. The van der Waals surface area contributed by atoms with E-state index in [2.05, 4.69) is 67.2 Å². The van der Waals surface area contributed by atoms with E-state index < -0.39 is 0 Å². The number of nitrogens with one attached hydrogen (secondary N) is 4. The van der Waals surface area contributed by atoms with Crippen molar-refractivity contribution in [2.75, 3.05) is 26.7 Å². The van der Waals surface area contributed by atoms with E-state index in [1.54, 1.807) is 0 Å². The highest BCUT2D eigenvalue weighted by Gasteiger charge is 2.53. The zero-order valence-corrected chi connectivity index (χ0v) is 23.0. The van der Waals surface area contributed by atoms with Gasteiger partial charge < -0.3 is 16.0 Å². The predicted molar refractivity (Wildman–Crippen MR) is 142 cm³/mol. The fourth-order valence-corrected chi connectivity index (χ4v) is 9.00. The molecule has 0 bridgehead atoms. The van der Waals surface area contributed by atoms with Crippen molar-refractivity contribution >= 4 is 0 Å². The Morgan fingerprint density at radius 1 is 0.943 bits per heavy atom. The van der Waals surface area contributed by atoms with Crippen LogP contribution in [0, 0.1) is 52.3 Å². The third-order valence-corrected chi connectivity index (χ3v) is 10.9. The Kier molecular flexibility index (Phi) is 7.83. The van der Waals surface area contributed by atoms with Gasteiger partial charge in [0.25, 0.3) is 0 Å². The lowest BCUT2D eigenvalue weighted by Crippen LogP contribution is -2.59. The van der Waals surface area contributed by atoms with Crippen molar-refractivity contribution in [3.8, 4) is 6.07 Å². The second-order valence-corrected chi connectivity index (χ2v) is 13.8. The van der Waals surface area contributed by atoms with Crippen LogP contribution in [0.3, 0.4) is 0 Å². The van der Waals surface area contributed by atoms with Gasteiger partial charge in [-0.05, 0) is 107 Å². The first-order valence-electron chi connectivity index (χ1n) is 14.9. The number of nitriles is 1. The van der Waals surface area contributed by atoms with E-state index in [1.165, 1.54) is 57.9 Å². The van der Waals surface area contributed by atoms with Crippen LogP contribution in [-0.4, -0.2) is 61.9 Å². The second kappa shape index (κ2) is 10.6. The van der Waals surface area contributed by atoms with Gasteiger partial charge in [-0.25, -0.2) is 5.01 Å². The molecule has 0 spiro atoms. The molecule has 4 N–H and O–H groups in total. The Morgan fingerprint density at radius 2 is 1.69 bits per heavy atom. The van der Waals surface area contributed by atoms with Crippen LogP contribution in [0.4, 0.5) is 0 Å². The number of likely N-dealkylation sites (N-methyl/N-ethyl adjacent to an activating group) is 1. The molecule has 0 aromatic rings. The minimum Gasteiger partial charge on any atom is -0.315 e. The Morgan fingerprint density at radius 3 is 2.40 bits per heavy atom. The maximum atomic E-state index is 9.65.